The van der Waals surface area contributed by atoms with Crippen LogP contribution in [0.4, 0.5) is 0 Å². The number of ketones is 1. The first kappa shape index (κ1) is 36.2. The van der Waals surface area contributed by atoms with Gasteiger partial charge >= 0.3 is 5.97 Å². The van der Waals surface area contributed by atoms with Crippen LogP contribution in [-0.4, -0.2) is 28.1 Å². The lowest BCUT2D eigenvalue weighted by Crippen LogP contribution is -2.66. The highest BCUT2D eigenvalue weighted by molar-refractivity contribution is 5.90. The first-order valence-electron chi connectivity index (χ1n) is 20.0. The van der Waals surface area contributed by atoms with Crippen molar-refractivity contribution in [1.29, 1.82) is 5.26 Å². The maximum absolute atomic E-state index is 14.5. The molecule has 4 fully saturated rings. The van der Waals surface area contributed by atoms with Gasteiger partial charge in [-0.3, -0.25) is 14.3 Å². The number of nitrogens with zero attached hydrogens (tertiary/aromatic N) is 3. The number of allylic oxidation sites excluding steroid dienone is 2. The Hall–Kier alpha value is -3.20. The third-order valence-electron chi connectivity index (χ3n) is 15.9. The average Bonchev–Trinajstić information content (AvgIpc) is 3.55. The van der Waals surface area contributed by atoms with Crippen LogP contribution in [0.1, 0.15) is 137 Å². The second-order valence-electron chi connectivity index (χ2n) is 19.4. The van der Waals surface area contributed by atoms with E-state index in [-0.39, 0.29) is 51.2 Å². The van der Waals surface area contributed by atoms with E-state index in [2.05, 4.69) is 103 Å². The molecule has 0 spiro atoms. The average molecular weight is 692 g/mol. The maximum Gasteiger partial charge on any atom is 0.312 e. The monoisotopic (exact) mass is 691 g/mol. The Kier molecular flexibility index (Phi) is 8.83. The number of fused-ring (bicyclic) bond motifs is 7. The number of carbonyl (C=O) groups is 2. The highest BCUT2D eigenvalue weighted by atomic mass is 16.5. The van der Waals surface area contributed by atoms with Crippen LogP contribution < -0.4 is 0 Å². The summed E-state index contributed by atoms with van der Waals surface area (Å²) in [5, 5.41) is 15.3. The van der Waals surface area contributed by atoms with Gasteiger partial charge in [0.15, 0.2) is 5.78 Å². The number of ether oxygens (including phenoxy) is 1. The van der Waals surface area contributed by atoms with Crippen molar-refractivity contribution in [1.82, 2.24) is 9.78 Å². The first-order chi connectivity index (χ1) is 24.1. The van der Waals surface area contributed by atoms with E-state index in [1.54, 1.807) is 0 Å². The minimum absolute atomic E-state index is 0.0254. The summed E-state index contributed by atoms with van der Waals surface area (Å²) in [7, 11) is 0. The van der Waals surface area contributed by atoms with E-state index < -0.39 is 16.7 Å². The van der Waals surface area contributed by atoms with E-state index >= 15 is 0 Å². The number of Topliss-reactive ketones (excluding diaryl/α,β-unsaturated/α-hetero) is 1. The molecule has 51 heavy (non-hydrogen) atoms. The highest BCUT2D eigenvalue weighted by Gasteiger charge is 2.71. The van der Waals surface area contributed by atoms with Crippen molar-refractivity contribution in [2.75, 3.05) is 6.61 Å². The normalized spacial score (nSPS) is 38.1. The van der Waals surface area contributed by atoms with Crippen LogP contribution in [0.5, 0.6) is 0 Å². The fraction of sp³-hybridized carbons (Fsp3) is 0.689. The molecule has 0 aliphatic heterocycles. The lowest BCUT2D eigenvalue weighted by atomic mass is 9.32. The summed E-state index contributed by atoms with van der Waals surface area (Å²) in [5.74, 6) is 0.185. The number of hydrogen-bond acceptors (Lipinski definition) is 5. The largest absolute Gasteiger partial charge is 0.465 e. The molecule has 0 radical (unpaired) electrons. The topological polar surface area (TPSA) is 85.0 Å². The number of hydrogen-bond donors (Lipinski definition) is 0. The Morgan fingerprint density at radius 2 is 1.71 bits per heavy atom. The molecular weight excluding hydrogens is 631 g/mol. The van der Waals surface area contributed by atoms with Gasteiger partial charge in [-0.1, -0.05) is 97.7 Å². The molecule has 0 bridgehead atoms. The molecule has 7 rings (SSSR count). The molecule has 5 aliphatic carbocycles. The third-order valence-corrected chi connectivity index (χ3v) is 15.9. The van der Waals surface area contributed by atoms with Crippen LogP contribution in [0.25, 0.3) is 5.57 Å². The van der Waals surface area contributed by atoms with Crippen LogP contribution in [-0.2, 0) is 20.9 Å². The smallest absolute Gasteiger partial charge is 0.312 e. The Bertz CT molecular complexity index is 1760. The Balaban J connectivity index is 1.42. The number of aromatic nitrogens is 2. The van der Waals surface area contributed by atoms with Gasteiger partial charge in [-0.2, -0.15) is 10.4 Å². The van der Waals surface area contributed by atoms with E-state index in [0.29, 0.717) is 19.6 Å². The zero-order valence-electron chi connectivity index (χ0n) is 32.6. The molecule has 274 valence electrons. The van der Waals surface area contributed by atoms with Crippen molar-refractivity contribution < 1.29 is 14.3 Å². The van der Waals surface area contributed by atoms with Crippen molar-refractivity contribution in [3.05, 3.63) is 59.4 Å². The van der Waals surface area contributed by atoms with Crippen molar-refractivity contribution in [2.24, 2.45) is 56.2 Å². The molecule has 4 saturated carbocycles. The molecular formula is C45H61N3O3. The van der Waals surface area contributed by atoms with Crippen molar-refractivity contribution >= 4 is 17.3 Å². The molecule has 2 aromatic rings. The molecule has 1 heterocycles. The summed E-state index contributed by atoms with van der Waals surface area (Å²) < 4.78 is 8.28. The van der Waals surface area contributed by atoms with E-state index in [4.69, 9.17) is 9.84 Å². The fourth-order valence-electron chi connectivity index (χ4n) is 12.9. The van der Waals surface area contributed by atoms with Crippen LogP contribution >= 0.6 is 0 Å². The van der Waals surface area contributed by atoms with Gasteiger partial charge in [-0.15, -0.1) is 0 Å². The Labute approximate surface area is 306 Å². The maximum atomic E-state index is 14.5. The summed E-state index contributed by atoms with van der Waals surface area (Å²) in [6, 6.07) is 13.0. The van der Waals surface area contributed by atoms with Gasteiger partial charge in [0, 0.05) is 17.2 Å². The van der Waals surface area contributed by atoms with Gasteiger partial charge in [0.25, 0.3) is 0 Å². The number of nitriles is 1. The minimum atomic E-state index is -0.574. The lowest BCUT2D eigenvalue weighted by Gasteiger charge is -2.71. The molecule has 1 aromatic carbocycles. The van der Waals surface area contributed by atoms with Crippen molar-refractivity contribution in [2.45, 2.75) is 133 Å². The fourth-order valence-corrected chi connectivity index (χ4v) is 12.9. The lowest BCUT2D eigenvalue weighted by molar-refractivity contribution is -0.193. The summed E-state index contributed by atoms with van der Waals surface area (Å²) in [6.45, 7) is 19.9. The van der Waals surface area contributed by atoms with Crippen molar-refractivity contribution in [3.8, 4) is 6.07 Å². The molecule has 0 N–H and O–H groups in total. The van der Waals surface area contributed by atoms with Crippen LogP contribution in [0.2, 0.25) is 0 Å². The molecule has 0 saturated heterocycles. The molecule has 6 nitrogen and oxygen atoms in total. The highest BCUT2D eigenvalue weighted by Crippen LogP contribution is 2.77. The van der Waals surface area contributed by atoms with E-state index in [1.165, 1.54) is 22.3 Å². The predicted octanol–water partition coefficient (Wildman–Crippen LogP) is 10.2. The summed E-state index contributed by atoms with van der Waals surface area (Å²) in [4.78, 5) is 28.3. The summed E-state index contributed by atoms with van der Waals surface area (Å²) in [6.07, 6.45) is 14.5. The number of carbonyl (C=O) groups excluding carboxylic acids is 2. The Morgan fingerprint density at radius 1 is 0.980 bits per heavy atom. The Morgan fingerprint density at radius 3 is 2.41 bits per heavy atom. The number of esters is 1. The SMILES string of the molecule is CCCCOC(=O)[C@]12CCC(C)(C)C[C@H]1C1=C(c3cnn(Cc4ccccc4)c3)CC3[C@@]4(C)CC(C#N)C(=O)C(C)(C)[C@@H]4CC[C@@]3(C)[C@]1(C)CC2. The number of benzene rings is 1. The quantitative estimate of drug-likeness (QED) is 0.213. The first-order valence-corrected chi connectivity index (χ1v) is 20.0. The van der Waals surface area contributed by atoms with Gasteiger partial charge in [0.05, 0.1) is 30.8 Å². The van der Waals surface area contributed by atoms with Gasteiger partial charge in [-0.05, 0) is 115 Å². The molecule has 5 aliphatic rings. The van der Waals surface area contributed by atoms with E-state index in [0.717, 1.165) is 64.2 Å². The van der Waals surface area contributed by atoms with E-state index in [1.807, 2.05) is 6.07 Å². The molecule has 1 aromatic heterocycles. The summed E-state index contributed by atoms with van der Waals surface area (Å²) in [5.41, 5.74) is 3.93. The van der Waals surface area contributed by atoms with Crippen LogP contribution in [0.3, 0.4) is 0 Å². The van der Waals surface area contributed by atoms with Crippen LogP contribution in [0.15, 0.2) is 48.3 Å². The second-order valence-corrected chi connectivity index (χ2v) is 19.4. The van der Waals surface area contributed by atoms with Gasteiger partial charge < -0.3 is 4.74 Å². The van der Waals surface area contributed by atoms with Crippen molar-refractivity contribution in [3.63, 3.8) is 0 Å². The molecule has 2 unspecified atom stereocenters. The number of unbranched alkanes of at least 4 members (excludes halogenated alkanes) is 1. The number of rotatable bonds is 7. The third kappa shape index (κ3) is 5.41. The second kappa shape index (κ2) is 12.4. The molecule has 0 amide bonds. The summed E-state index contributed by atoms with van der Waals surface area (Å²) >= 11 is 0. The van der Waals surface area contributed by atoms with Gasteiger partial charge in [0.1, 0.15) is 5.92 Å². The van der Waals surface area contributed by atoms with Gasteiger partial charge in [0.2, 0.25) is 0 Å². The molecule has 8 atom stereocenters. The zero-order chi connectivity index (χ0) is 36.6. The van der Waals surface area contributed by atoms with Gasteiger partial charge in [-0.25, -0.2) is 0 Å². The molecule has 6 heteroatoms. The standard InChI is InChI=1S/C45H61N3O3/c1-9-10-22-51-39(50)45-20-18-40(2,3)25-34(45)37-33(32-27-47-48(29-32)28-30-14-12-11-13-15-30)23-36-42(6)24-31(26-46)38(49)41(4,5)35(42)16-17-43(36,7)44(37,8)19-21-45/h11-15,27,29,31,34-36H,9-10,16-25,28H2,1-8H3/t31?,34-,35-,36?,42-,43+,44+,45-/m0/s1. The van der Waals surface area contributed by atoms with Crippen LogP contribution in [0, 0.1) is 67.5 Å². The van der Waals surface area contributed by atoms with E-state index in [9.17, 15) is 14.9 Å². The predicted molar refractivity (Wildman–Crippen MR) is 201 cm³/mol. The zero-order valence-corrected chi connectivity index (χ0v) is 32.6. The minimum Gasteiger partial charge on any atom is -0.465 e.